The monoisotopic (exact) mass is 203 g/mol. The van der Waals surface area contributed by atoms with Crippen LogP contribution in [0.1, 0.15) is 44.7 Å². The van der Waals surface area contributed by atoms with Crippen LogP contribution in [0.5, 0.6) is 0 Å². The van der Waals surface area contributed by atoms with Crippen LogP contribution in [0.25, 0.3) is 0 Å². The van der Waals surface area contributed by atoms with Crippen molar-refractivity contribution < 1.29 is 0 Å². The van der Waals surface area contributed by atoms with Crippen molar-refractivity contribution >= 4 is 0 Å². The van der Waals surface area contributed by atoms with E-state index in [9.17, 15) is 0 Å². The summed E-state index contributed by atoms with van der Waals surface area (Å²) in [5.41, 5.74) is 3.24. The van der Waals surface area contributed by atoms with E-state index in [1.165, 1.54) is 24.0 Å². The van der Waals surface area contributed by atoms with Gasteiger partial charge in [0.05, 0.1) is 0 Å². The molecule has 1 fully saturated rings. The first-order valence-electron chi connectivity index (χ1n) is 6.03. The number of hydrogen-bond acceptors (Lipinski definition) is 1. The van der Waals surface area contributed by atoms with Crippen molar-refractivity contribution in [3.63, 3.8) is 0 Å². The van der Waals surface area contributed by atoms with Crippen LogP contribution in [0.2, 0.25) is 0 Å². The number of nitrogens with one attached hydrogen (secondary N) is 1. The molecule has 0 unspecified atom stereocenters. The second-order valence-corrected chi connectivity index (χ2v) is 4.94. The van der Waals surface area contributed by atoms with Gasteiger partial charge in [0.15, 0.2) is 0 Å². The van der Waals surface area contributed by atoms with Crippen LogP contribution in [0.15, 0.2) is 24.3 Å². The van der Waals surface area contributed by atoms with Gasteiger partial charge >= 0.3 is 0 Å². The lowest BCUT2D eigenvalue weighted by Crippen LogP contribution is -2.34. The number of aryl methyl sites for hydroxylation is 1. The summed E-state index contributed by atoms with van der Waals surface area (Å²) in [7, 11) is 0. The van der Waals surface area contributed by atoms with Crippen LogP contribution >= 0.6 is 0 Å². The van der Waals surface area contributed by atoms with Crippen molar-refractivity contribution in [2.45, 2.75) is 51.6 Å². The lowest BCUT2D eigenvalue weighted by atomic mass is 10.0. The maximum absolute atomic E-state index is 3.70. The van der Waals surface area contributed by atoms with Gasteiger partial charge in [-0.1, -0.05) is 45.0 Å². The molecule has 1 heteroatoms. The van der Waals surface area contributed by atoms with Crippen molar-refractivity contribution in [2.75, 3.05) is 0 Å². The van der Waals surface area contributed by atoms with E-state index in [0.717, 1.165) is 6.42 Å². The Morgan fingerprint density at radius 2 is 2.07 bits per heavy atom. The smallest absolute Gasteiger partial charge is 0.0438 e. The molecule has 0 bridgehead atoms. The van der Waals surface area contributed by atoms with E-state index in [1.807, 2.05) is 0 Å². The molecule has 82 valence electrons. The molecule has 0 saturated heterocycles. The van der Waals surface area contributed by atoms with E-state index in [-0.39, 0.29) is 0 Å². The van der Waals surface area contributed by atoms with Gasteiger partial charge in [-0.25, -0.2) is 0 Å². The zero-order valence-electron chi connectivity index (χ0n) is 10.0. The fourth-order valence-corrected chi connectivity index (χ4v) is 2.28. The maximum Gasteiger partial charge on any atom is 0.0438 e. The summed E-state index contributed by atoms with van der Waals surface area (Å²) in [6.45, 7) is 6.67. The predicted octanol–water partition coefficient (Wildman–Crippen LogP) is 3.24. The molecule has 0 atom stereocenters. The average Bonchev–Trinajstić information content (AvgIpc) is 2.98. The van der Waals surface area contributed by atoms with Crippen molar-refractivity contribution in [2.24, 2.45) is 0 Å². The normalized spacial score (nSPS) is 18.1. The van der Waals surface area contributed by atoms with E-state index in [1.54, 1.807) is 0 Å². The number of hydrogen-bond donors (Lipinski definition) is 1. The van der Waals surface area contributed by atoms with Crippen LogP contribution in [-0.4, -0.2) is 6.04 Å². The molecular weight excluding hydrogens is 182 g/mol. The quantitative estimate of drug-likeness (QED) is 0.792. The molecule has 1 aliphatic rings. The van der Waals surface area contributed by atoms with Crippen LogP contribution in [0.4, 0.5) is 0 Å². The molecular formula is C14H21N. The summed E-state index contributed by atoms with van der Waals surface area (Å²) in [5.74, 6) is 0. The Morgan fingerprint density at radius 3 is 2.60 bits per heavy atom. The Kier molecular flexibility index (Phi) is 2.83. The van der Waals surface area contributed by atoms with E-state index < -0.39 is 0 Å². The summed E-state index contributed by atoms with van der Waals surface area (Å²) in [6.07, 6.45) is 3.71. The molecule has 1 aromatic rings. The number of benzene rings is 1. The zero-order chi connectivity index (χ0) is 10.9. The molecule has 0 spiro atoms. The van der Waals surface area contributed by atoms with Gasteiger partial charge < -0.3 is 5.32 Å². The van der Waals surface area contributed by atoms with Gasteiger partial charge in [0.2, 0.25) is 0 Å². The van der Waals surface area contributed by atoms with Crippen molar-refractivity contribution in [3.05, 3.63) is 35.4 Å². The van der Waals surface area contributed by atoms with E-state index in [2.05, 4.69) is 50.4 Å². The first-order chi connectivity index (χ1) is 7.16. The minimum atomic E-state index is 0.305. The molecule has 0 heterocycles. The van der Waals surface area contributed by atoms with Crippen LogP contribution < -0.4 is 5.32 Å². The van der Waals surface area contributed by atoms with E-state index in [4.69, 9.17) is 0 Å². The molecule has 0 aliphatic heterocycles. The van der Waals surface area contributed by atoms with E-state index >= 15 is 0 Å². The second kappa shape index (κ2) is 3.97. The minimum Gasteiger partial charge on any atom is -0.305 e. The molecule has 15 heavy (non-hydrogen) atoms. The first kappa shape index (κ1) is 10.7. The highest BCUT2D eigenvalue weighted by Gasteiger charge is 2.44. The minimum absolute atomic E-state index is 0.305. The highest BCUT2D eigenvalue weighted by Crippen LogP contribution is 2.46. The summed E-state index contributed by atoms with van der Waals surface area (Å²) in [6, 6.07) is 9.60. The van der Waals surface area contributed by atoms with Crippen molar-refractivity contribution in [1.82, 2.24) is 5.32 Å². The zero-order valence-corrected chi connectivity index (χ0v) is 10.0. The van der Waals surface area contributed by atoms with Gasteiger partial charge in [-0.05, 0) is 30.4 Å². The third-order valence-corrected chi connectivity index (χ3v) is 3.20. The van der Waals surface area contributed by atoms with Gasteiger partial charge in [-0.3, -0.25) is 0 Å². The van der Waals surface area contributed by atoms with Gasteiger partial charge in [-0.15, -0.1) is 0 Å². The van der Waals surface area contributed by atoms with Gasteiger partial charge in [0.1, 0.15) is 0 Å². The van der Waals surface area contributed by atoms with Gasteiger partial charge in [-0.2, -0.15) is 0 Å². The fourth-order valence-electron chi connectivity index (χ4n) is 2.28. The molecule has 1 aliphatic carbocycles. The summed E-state index contributed by atoms with van der Waals surface area (Å²) < 4.78 is 0. The standard InChI is InChI=1S/C14H21N/c1-4-12-6-5-7-13(10-12)14(8-9-14)15-11(2)3/h5-7,10-11,15H,4,8-9H2,1-3H3. The Bertz CT molecular complexity index is 337. The maximum atomic E-state index is 3.70. The summed E-state index contributed by atoms with van der Waals surface area (Å²) >= 11 is 0. The highest BCUT2D eigenvalue weighted by molar-refractivity contribution is 5.34. The molecule has 0 radical (unpaired) electrons. The third kappa shape index (κ3) is 2.23. The fraction of sp³-hybridized carbons (Fsp3) is 0.571. The molecule has 1 nitrogen and oxygen atoms in total. The van der Waals surface area contributed by atoms with Crippen molar-refractivity contribution in [3.8, 4) is 0 Å². The molecule has 0 amide bonds. The van der Waals surface area contributed by atoms with Gasteiger partial charge in [0.25, 0.3) is 0 Å². The lowest BCUT2D eigenvalue weighted by molar-refractivity contribution is 0.461. The highest BCUT2D eigenvalue weighted by atomic mass is 15.0. The average molecular weight is 203 g/mol. The molecule has 0 aromatic heterocycles. The Labute approximate surface area is 92.9 Å². The third-order valence-electron chi connectivity index (χ3n) is 3.20. The summed E-state index contributed by atoms with van der Waals surface area (Å²) in [4.78, 5) is 0. The Balaban J connectivity index is 2.21. The Morgan fingerprint density at radius 1 is 1.33 bits per heavy atom. The second-order valence-electron chi connectivity index (χ2n) is 4.94. The topological polar surface area (TPSA) is 12.0 Å². The first-order valence-corrected chi connectivity index (χ1v) is 6.03. The Hall–Kier alpha value is -0.820. The lowest BCUT2D eigenvalue weighted by Gasteiger charge is -2.21. The molecule has 1 saturated carbocycles. The van der Waals surface area contributed by atoms with Crippen molar-refractivity contribution in [1.29, 1.82) is 0 Å². The van der Waals surface area contributed by atoms with Gasteiger partial charge in [0, 0.05) is 11.6 Å². The molecule has 1 aromatic carbocycles. The molecule has 1 N–H and O–H groups in total. The molecule has 2 rings (SSSR count). The van der Waals surface area contributed by atoms with Crippen LogP contribution in [0.3, 0.4) is 0 Å². The van der Waals surface area contributed by atoms with Crippen LogP contribution in [0, 0.1) is 0 Å². The van der Waals surface area contributed by atoms with E-state index in [0.29, 0.717) is 11.6 Å². The predicted molar refractivity (Wildman–Crippen MR) is 65.0 cm³/mol. The SMILES string of the molecule is CCc1cccc(C2(NC(C)C)CC2)c1. The largest absolute Gasteiger partial charge is 0.305 e. The number of rotatable bonds is 4. The summed E-state index contributed by atoms with van der Waals surface area (Å²) in [5, 5.41) is 3.70. The van der Waals surface area contributed by atoms with Crippen LogP contribution in [-0.2, 0) is 12.0 Å².